The smallest absolute Gasteiger partial charge is 0.220 e. The van der Waals surface area contributed by atoms with E-state index in [9.17, 15) is 17.6 Å². The zero-order valence-electron chi connectivity index (χ0n) is 12.0. The predicted molar refractivity (Wildman–Crippen MR) is 80.4 cm³/mol. The number of rotatable bonds is 5. The van der Waals surface area contributed by atoms with Crippen LogP contribution < -0.4 is 5.73 Å². The fourth-order valence-electron chi connectivity index (χ4n) is 2.01. The van der Waals surface area contributed by atoms with Crippen molar-refractivity contribution in [3.63, 3.8) is 0 Å². The van der Waals surface area contributed by atoms with Crippen molar-refractivity contribution >= 4 is 15.7 Å². The third kappa shape index (κ3) is 3.51. The lowest BCUT2D eigenvalue weighted by Gasteiger charge is -2.09. The first kappa shape index (κ1) is 16.2. The number of sulfone groups is 1. The summed E-state index contributed by atoms with van der Waals surface area (Å²) in [7, 11) is -3.68. The lowest BCUT2D eigenvalue weighted by atomic mass is 10.0. The summed E-state index contributed by atoms with van der Waals surface area (Å²) in [5.74, 6) is -1.21. The Hall–Kier alpha value is -2.21. The van der Waals surface area contributed by atoms with Gasteiger partial charge < -0.3 is 5.73 Å². The molecule has 0 saturated heterocycles. The van der Waals surface area contributed by atoms with E-state index in [-0.39, 0.29) is 15.7 Å². The van der Waals surface area contributed by atoms with Crippen LogP contribution in [0.2, 0.25) is 0 Å². The van der Waals surface area contributed by atoms with Crippen molar-refractivity contribution in [3.8, 4) is 0 Å². The normalized spacial score (nSPS) is 12.8. The highest BCUT2D eigenvalue weighted by atomic mass is 32.2. The van der Waals surface area contributed by atoms with Gasteiger partial charge >= 0.3 is 0 Å². The van der Waals surface area contributed by atoms with E-state index in [1.54, 1.807) is 19.1 Å². The molecule has 0 bridgehead atoms. The maximum Gasteiger partial charge on any atom is 0.220 e. The van der Waals surface area contributed by atoms with Crippen LogP contribution in [-0.4, -0.2) is 14.3 Å². The molecule has 0 spiro atoms. The number of hydrogen-bond acceptors (Lipinski definition) is 3. The zero-order valence-corrected chi connectivity index (χ0v) is 12.8. The number of hydrogen-bond donors (Lipinski definition) is 1. The van der Waals surface area contributed by atoms with E-state index in [0.717, 1.165) is 17.7 Å². The van der Waals surface area contributed by atoms with Crippen LogP contribution in [0.1, 0.15) is 12.5 Å². The van der Waals surface area contributed by atoms with Crippen LogP contribution in [0.3, 0.4) is 0 Å². The molecule has 0 aliphatic rings. The maximum absolute atomic E-state index is 12.9. The summed E-state index contributed by atoms with van der Waals surface area (Å²) < 4.78 is 37.7. The van der Waals surface area contributed by atoms with Crippen LogP contribution in [0.25, 0.3) is 0 Å². The second-order valence-electron chi connectivity index (χ2n) is 5.11. The second-order valence-corrected chi connectivity index (χ2v) is 7.06. The highest BCUT2D eigenvalue weighted by Gasteiger charge is 2.18. The molecule has 6 heteroatoms. The van der Waals surface area contributed by atoms with E-state index in [0.29, 0.717) is 6.42 Å². The minimum Gasteiger partial charge on any atom is -0.369 e. The van der Waals surface area contributed by atoms with Gasteiger partial charge in [0.1, 0.15) is 5.82 Å². The van der Waals surface area contributed by atoms with Crippen LogP contribution >= 0.6 is 0 Å². The molecule has 0 aliphatic carbocycles. The van der Waals surface area contributed by atoms with Gasteiger partial charge in [-0.25, -0.2) is 12.8 Å². The first-order valence-electron chi connectivity index (χ1n) is 6.69. The van der Waals surface area contributed by atoms with E-state index < -0.39 is 21.6 Å². The third-order valence-electron chi connectivity index (χ3n) is 3.39. The Bertz CT molecular complexity index is 768. The molecule has 4 nitrogen and oxygen atoms in total. The van der Waals surface area contributed by atoms with Gasteiger partial charge in [0.15, 0.2) is 0 Å². The lowest BCUT2D eigenvalue weighted by molar-refractivity contribution is -0.121. The van der Waals surface area contributed by atoms with Crippen molar-refractivity contribution in [2.75, 3.05) is 0 Å². The van der Waals surface area contributed by atoms with Gasteiger partial charge in [0.25, 0.3) is 0 Å². The van der Waals surface area contributed by atoms with Gasteiger partial charge in [-0.3, -0.25) is 4.79 Å². The molecule has 0 aliphatic heterocycles. The van der Waals surface area contributed by atoms with Gasteiger partial charge in [-0.05, 0) is 48.4 Å². The molecule has 0 heterocycles. The average molecular weight is 321 g/mol. The van der Waals surface area contributed by atoms with Crippen LogP contribution in [0.5, 0.6) is 0 Å². The summed E-state index contributed by atoms with van der Waals surface area (Å²) in [6.45, 7) is 1.71. The fourth-order valence-corrected chi connectivity index (χ4v) is 3.27. The molecule has 2 N–H and O–H groups in total. The lowest BCUT2D eigenvalue weighted by Crippen LogP contribution is -2.22. The standard InChI is InChI=1S/C16H16FNO3S/c1-11(16(18)19)10-12-2-6-14(7-3-12)22(20,21)15-8-4-13(17)5-9-15/h2-9,11H,10H2,1H3,(H2,18,19). The molecule has 22 heavy (non-hydrogen) atoms. The largest absolute Gasteiger partial charge is 0.369 e. The van der Waals surface area contributed by atoms with E-state index in [1.165, 1.54) is 24.3 Å². The minimum atomic E-state index is -3.68. The van der Waals surface area contributed by atoms with Gasteiger partial charge in [-0.15, -0.1) is 0 Å². The van der Waals surface area contributed by atoms with Crippen molar-refractivity contribution in [2.45, 2.75) is 23.1 Å². The summed E-state index contributed by atoms with van der Waals surface area (Å²) in [6, 6.07) is 10.9. The predicted octanol–water partition coefficient (Wildman–Crippen LogP) is 2.32. The van der Waals surface area contributed by atoms with Crippen molar-refractivity contribution in [1.29, 1.82) is 0 Å². The Kier molecular flexibility index (Phi) is 4.61. The maximum atomic E-state index is 12.9. The highest BCUT2D eigenvalue weighted by molar-refractivity contribution is 7.91. The SMILES string of the molecule is CC(Cc1ccc(S(=O)(=O)c2ccc(F)cc2)cc1)C(N)=O. The van der Waals surface area contributed by atoms with Crippen molar-refractivity contribution in [2.24, 2.45) is 11.7 Å². The Labute approximate surface area is 128 Å². The van der Waals surface area contributed by atoms with Crippen molar-refractivity contribution in [3.05, 3.63) is 59.9 Å². The molecule has 2 aromatic rings. The molecule has 1 atom stereocenters. The van der Waals surface area contributed by atoms with E-state index in [1.807, 2.05) is 0 Å². The van der Waals surface area contributed by atoms with Crippen molar-refractivity contribution < 1.29 is 17.6 Å². The number of primary amides is 1. The summed E-state index contributed by atoms with van der Waals surface area (Å²) in [6.07, 6.45) is 0.451. The summed E-state index contributed by atoms with van der Waals surface area (Å²) in [5, 5.41) is 0. The molecule has 0 radical (unpaired) electrons. The number of amides is 1. The first-order chi connectivity index (χ1) is 10.3. The summed E-state index contributed by atoms with van der Waals surface area (Å²) in [5.41, 5.74) is 6.03. The molecule has 2 aromatic carbocycles. The second kappa shape index (κ2) is 6.27. The van der Waals surface area contributed by atoms with Crippen LogP contribution in [0, 0.1) is 11.7 Å². The highest BCUT2D eigenvalue weighted by Crippen LogP contribution is 2.22. The average Bonchev–Trinajstić information content (AvgIpc) is 2.48. The number of benzene rings is 2. The molecule has 2 rings (SSSR count). The quantitative estimate of drug-likeness (QED) is 0.859. The van der Waals surface area contributed by atoms with Crippen LogP contribution in [0.4, 0.5) is 4.39 Å². The number of carbonyl (C=O) groups excluding carboxylic acids is 1. The number of nitrogens with two attached hydrogens (primary N) is 1. The van der Waals surface area contributed by atoms with E-state index in [2.05, 4.69) is 0 Å². The van der Waals surface area contributed by atoms with Crippen molar-refractivity contribution in [1.82, 2.24) is 0 Å². The fraction of sp³-hybridized carbons (Fsp3) is 0.188. The monoisotopic (exact) mass is 321 g/mol. The molecule has 1 unspecified atom stereocenters. The van der Waals surface area contributed by atoms with Gasteiger partial charge in [0.2, 0.25) is 15.7 Å². The molecule has 0 fully saturated rings. The molecular weight excluding hydrogens is 305 g/mol. The number of halogens is 1. The van der Waals surface area contributed by atoms with E-state index >= 15 is 0 Å². The van der Waals surface area contributed by atoms with E-state index in [4.69, 9.17) is 5.73 Å². The molecule has 116 valence electrons. The molecule has 0 saturated carbocycles. The summed E-state index contributed by atoms with van der Waals surface area (Å²) >= 11 is 0. The van der Waals surface area contributed by atoms with Gasteiger partial charge in [-0.2, -0.15) is 0 Å². The van der Waals surface area contributed by atoms with Gasteiger partial charge in [0.05, 0.1) is 9.79 Å². The third-order valence-corrected chi connectivity index (χ3v) is 5.17. The Morgan fingerprint density at radius 2 is 1.50 bits per heavy atom. The van der Waals surface area contributed by atoms with Crippen LogP contribution in [-0.2, 0) is 21.1 Å². The summed E-state index contributed by atoms with van der Waals surface area (Å²) in [4.78, 5) is 11.2. The number of carbonyl (C=O) groups is 1. The first-order valence-corrected chi connectivity index (χ1v) is 8.18. The molecule has 1 amide bonds. The Balaban J connectivity index is 2.26. The van der Waals surface area contributed by atoms with Crippen LogP contribution in [0.15, 0.2) is 58.3 Å². The zero-order chi connectivity index (χ0) is 16.3. The Morgan fingerprint density at radius 3 is 1.95 bits per heavy atom. The Morgan fingerprint density at radius 1 is 1.05 bits per heavy atom. The van der Waals surface area contributed by atoms with Gasteiger partial charge in [-0.1, -0.05) is 19.1 Å². The molecule has 0 aromatic heterocycles. The minimum absolute atomic E-state index is 0.0344. The topological polar surface area (TPSA) is 77.2 Å². The van der Waals surface area contributed by atoms with Gasteiger partial charge in [0, 0.05) is 5.92 Å². The molecular formula is C16H16FNO3S.